The quantitative estimate of drug-likeness (QED) is 0.655. The van der Waals surface area contributed by atoms with Crippen LogP contribution >= 0.6 is 34.9 Å². The first-order valence-electron chi connectivity index (χ1n) is 6.77. The van der Waals surface area contributed by atoms with Crippen LogP contribution in [0, 0.1) is 5.82 Å². The van der Waals surface area contributed by atoms with Gasteiger partial charge in [0.05, 0.1) is 16.0 Å². The highest BCUT2D eigenvalue weighted by atomic mass is 32.2. The van der Waals surface area contributed by atoms with Gasteiger partial charge in [-0.1, -0.05) is 11.3 Å². The van der Waals surface area contributed by atoms with Gasteiger partial charge in [0.15, 0.2) is 5.13 Å². The van der Waals surface area contributed by atoms with E-state index in [1.54, 1.807) is 23.9 Å². The van der Waals surface area contributed by atoms with Crippen LogP contribution in [0.3, 0.4) is 0 Å². The third kappa shape index (κ3) is 4.25. The molecule has 0 spiro atoms. The predicted octanol–water partition coefficient (Wildman–Crippen LogP) is 4.89. The van der Waals surface area contributed by atoms with Crippen LogP contribution < -0.4 is 5.32 Å². The summed E-state index contributed by atoms with van der Waals surface area (Å²) in [5.74, 6) is -0.140. The third-order valence-corrected chi connectivity index (χ3v) is 5.70. The topological polar surface area (TPSA) is 42.0 Å². The van der Waals surface area contributed by atoms with Crippen molar-refractivity contribution in [2.75, 3.05) is 17.3 Å². The summed E-state index contributed by atoms with van der Waals surface area (Å²) in [5, 5.41) is 3.42. The first-order valence-corrected chi connectivity index (χ1v) is 9.79. The molecule has 3 nitrogen and oxygen atoms in total. The molecular formula is C16H13FN2OS3. The number of anilines is 1. The zero-order valence-corrected chi connectivity index (χ0v) is 14.7. The van der Waals surface area contributed by atoms with E-state index in [9.17, 15) is 9.18 Å². The Balaban J connectivity index is 1.62. The lowest BCUT2D eigenvalue weighted by atomic mass is 10.3. The Morgan fingerprint density at radius 2 is 1.96 bits per heavy atom. The summed E-state index contributed by atoms with van der Waals surface area (Å²) in [4.78, 5) is 18.5. The van der Waals surface area contributed by atoms with Gasteiger partial charge in [0.1, 0.15) is 5.82 Å². The number of hydrogen-bond donors (Lipinski definition) is 1. The molecule has 0 saturated heterocycles. The maximum atomic E-state index is 12.8. The standard InChI is InChI=1S/C16H13FN2OS3/c1-21-12-6-7-13-14(8-12)23-16(18-13)19-15(20)9-22-11-4-2-10(17)3-5-11/h2-8H,9H2,1H3,(H,18,19,20). The molecule has 2 aromatic carbocycles. The summed E-state index contributed by atoms with van der Waals surface area (Å²) in [5.41, 5.74) is 0.884. The van der Waals surface area contributed by atoms with Crippen molar-refractivity contribution in [2.45, 2.75) is 9.79 Å². The second-order valence-electron chi connectivity index (χ2n) is 4.64. The number of aromatic nitrogens is 1. The maximum absolute atomic E-state index is 12.8. The molecule has 118 valence electrons. The molecule has 3 rings (SSSR count). The number of fused-ring (bicyclic) bond motifs is 1. The molecule has 3 aromatic rings. The van der Waals surface area contributed by atoms with Crippen molar-refractivity contribution in [3.05, 3.63) is 48.3 Å². The van der Waals surface area contributed by atoms with E-state index in [0.29, 0.717) is 5.13 Å². The van der Waals surface area contributed by atoms with Gasteiger partial charge in [-0.25, -0.2) is 9.37 Å². The highest BCUT2D eigenvalue weighted by Crippen LogP contribution is 2.29. The van der Waals surface area contributed by atoms with Crippen LogP contribution in [0.4, 0.5) is 9.52 Å². The second kappa shape index (κ2) is 7.33. The number of thioether (sulfide) groups is 2. The van der Waals surface area contributed by atoms with Gasteiger partial charge in [-0.05, 0) is 48.7 Å². The van der Waals surface area contributed by atoms with Gasteiger partial charge in [-0.3, -0.25) is 4.79 Å². The molecule has 0 aliphatic heterocycles. The fraction of sp³-hybridized carbons (Fsp3) is 0.125. The van der Waals surface area contributed by atoms with Crippen LogP contribution in [0.1, 0.15) is 0 Å². The summed E-state index contributed by atoms with van der Waals surface area (Å²) in [6, 6.07) is 12.1. The lowest BCUT2D eigenvalue weighted by Crippen LogP contribution is -2.13. The highest BCUT2D eigenvalue weighted by molar-refractivity contribution is 8.00. The second-order valence-corrected chi connectivity index (χ2v) is 7.60. The molecule has 0 atom stereocenters. The molecule has 1 N–H and O–H groups in total. The van der Waals surface area contributed by atoms with Gasteiger partial charge in [-0.15, -0.1) is 23.5 Å². The molecule has 0 fully saturated rings. The number of rotatable bonds is 5. The van der Waals surface area contributed by atoms with Crippen LogP contribution in [-0.2, 0) is 4.79 Å². The minimum absolute atomic E-state index is 0.122. The molecule has 0 unspecified atom stereocenters. The average Bonchev–Trinajstić information content (AvgIpc) is 2.95. The first-order chi connectivity index (χ1) is 11.1. The van der Waals surface area contributed by atoms with Crippen LogP contribution in [0.5, 0.6) is 0 Å². The summed E-state index contributed by atoms with van der Waals surface area (Å²) < 4.78 is 13.9. The van der Waals surface area contributed by atoms with Gasteiger partial charge < -0.3 is 5.32 Å². The largest absolute Gasteiger partial charge is 0.301 e. The fourth-order valence-electron chi connectivity index (χ4n) is 1.92. The Morgan fingerprint density at radius 1 is 1.22 bits per heavy atom. The van der Waals surface area contributed by atoms with E-state index in [4.69, 9.17) is 0 Å². The van der Waals surface area contributed by atoms with Crippen molar-refractivity contribution >= 4 is 56.1 Å². The molecule has 0 radical (unpaired) electrons. The minimum atomic E-state index is -0.280. The van der Waals surface area contributed by atoms with E-state index in [-0.39, 0.29) is 17.5 Å². The van der Waals surface area contributed by atoms with Gasteiger partial charge in [0.2, 0.25) is 5.91 Å². The van der Waals surface area contributed by atoms with Crippen molar-refractivity contribution < 1.29 is 9.18 Å². The van der Waals surface area contributed by atoms with Gasteiger partial charge in [0.25, 0.3) is 0 Å². The monoisotopic (exact) mass is 364 g/mol. The Bertz CT molecular complexity index is 833. The molecule has 0 aliphatic rings. The van der Waals surface area contributed by atoms with Crippen molar-refractivity contribution in [3.63, 3.8) is 0 Å². The summed E-state index contributed by atoms with van der Waals surface area (Å²) >= 11 is 4.50. The van der Waals surface area contributed by atoms with Crippen molar-refractivity contribution in [1.29, 1.82) is 0 Å². The van der Waals surface area contributed by atoms with E-state index in [1.165, 1.54) is 40.1 Å². The zero-order chi connectivity index (χ0) is 16.2. The zero-order valence-electron chi connectivity index (χ0n) is 12.2. The number of amides is 1. The average molecular weight is 364 g/mol. The Labute approximate surface area is 145 Å². The molecule has 0 saturated carbocycles. The number of carbonyl (C=O) groups excluding carboxylic acids is 1. The SMILES string of the molecule is CSc1ccc2nc(NC(=O)CSc3ccc(F)cc3)sc2c1. The van der Waals surface area contributed by atoms with Crippen LogP contribution in [0.2, 0.25) is 0 Å². The third-order valence-electron chi connectivity index (χ3n) is 3.03. The van der Waals surface area contributed by atoms with Crippen LogP contribution in [0.15, 0.2) is 52.3 Å². The lowest BCUT2D eigenvalue weighted by Gasteiger charge is -2.01. The number of carbonyl (C=O) groups is 1. The Hall–Kier alpha value is -1.57. The van der Waals surface area contributed by atoms with Gasteiger partial charge in [-0.2, -0.15) is 0 Å². The van der Waals surface area contributed by atoms with E-state index in [1.807, 2.05) is 18.4 Å². The molecule has 23 heavy (non-hydrogen) atoms. The number of nitrogens with zero attached hydrogens (tertiary/aromatic N) is 1. The smallest absolute Gasteiger partial charge is 0.236 e. The predicted molar refractivity (Wildman–Crippen MR) is 97.2 cm³/mol. The van der Waals surface area contributed by atoms with Gasteiger partial charge >= 0.3 is 0 Å². The Morgan fingerprint density at radius 3 is 2.70 bits per heavy atom. The normalized spacial score (nSPS) is 10.9. The summed E-state index contributed by atoms with van der Waals surface area (Å²) in [7, 11) is 0. The molecule has 0 aliphatic carbocycles. The molecule has 1 heterocycles. The minimum Gasteiger partial charge on any atom is -0.301 e. The molecule has 1 amide bonds. The van der Waals surface area contributed by atoms with Crippen molar-refractivity contribution in [3.8, 4) is 0 Å². The molecule has 7 heteroatoms. The van der Waals surface area contributed by atoms with Gasteiger partial charge in [0, 0.05) is 9.79 Å². The molecule has 1 aromatic heterocycles. The number of thiazole rings is 1. The van der Waals surface area contributed by atoms with Crippen molar-refractivity contribution in [1.82, 2.24) is 4.98 Å². The van der Waals surface area contributed by atoms with Crippen molar-refractivity contribution in [2.24, 2.45) is 0 Å². The highest BCUT2D eigenvalue weighted by Gasteiger charge is 2.09. The number of halogens is 1. The molecule has 0 bridgehead atoms. The summed E-state index contributed by atoms with van der Waals surface area (Å²) in [6.45, 7) is 0. The number of benzene rings is 2. The van der Waals surface area contributed by atoms with E-state index < -0.39 is 0 Å². The summed E-state index contributed by atoms with van der Waals surface area (Å²) in [6.07, 6.45) is 2.03. The van der Waals surface area contributed by atoms with E-state index in [2.05, 4.69) is 16.4 Å². The van der Waals surface area contributed by atoms with Crippen LogP contribution in [-0.4, -0.2) is 22.9 Å². The van der Waals surface area contributed by atoms with E-state index in [0.717, 1.165) is 15.1 Å². The first kappa shape index (κ1) is 16.3. The maximum Gasteiger partial charge on any atom is 0.236 e. The number of nitrogens with one attached hydrogen (secondary N) is 1. The molecular weight excluding hydrogens is 351 g/mol. The Kier molecular flexibility index (Phi) is 5.20. The van der Waals surface area contributed by atoms with E-state index >= 15 is 0 Å². The fourth-order valence-corrected chi connectivity index (χ4v) is 4.05. The lowest BCUT2D eigenvalue weighted by molar-refractivity contribution is -0.113. The number of hydrogen-bond acceptors (Lipinski definition) is 5. The van der Waals surface area contributed by atoms with Crippen LogP contribution in [0.25, 0.3) is 10.2 Å².